The lowest BCUT2D eigenvalue weighted by molar-refractivity contribution is -0.134. The average Bonchev–Trinajstić information content (AvgIpc) is 3.43. The molecule has 9 heteroatoms. The molecule has 3 aromatic carbocycles. The summed E-state index contributed by atoms with van der Waals surface area (Å²) in [5, 5.41) is 35.9. The molecule has 44 heavy (non-hydrogen) atoms. The fraction of sp³-hybridized carbons (Fsp3) is 0.343. The summed E-state index contributed by atoms with van der Waals surface area (Å²) in [6.45, 7) is 8.56. The Morgan fingerprint density at radius 2 is 1.64 bits per heavy atom. The minimum Gasteiger partial charge on any atom is -0.508 e. The summed E-state index contributed by atoms with van der Waals surface area (Å²) in [5.41, 5.74) is 6.05. The number of aromatic hydroxyl groups is 2. The molecule has 0 unspecified atom stereocenters. The minimum absolute atomic E-state index is 0.0148. The van der Waals surface area contributed by atoms with Crippen LogP contribution in [-0.2, 0) is 24.2 Å². The zero-order valence-corrected chi connectivity index (χ0v) is 25.6. The van der Waals surface area contributed by atoms with Crippen molar-refractivity contribution in [1.29, 1.82) is 0 Å². The summed E-state index contributed by atoms with van der Waals surface area (Å²) in [6.07, 6.45) is 5.07. The van der Waals surface area contributed by atoms with Crippen molar-refractivity contribution in [2.75, 3.05) is 19.6 Å². The van der Waals surface area contributed by atoms with Gasteiger partial charge < -0.3 is 25.2 Å². The molecule has 4 N–H and O–H groups in total. The summed E-state index contributed by atoms with van der Waals surface area (Å²) in [5.74, 6) is -1.01. The van der Waals surface area contributed by atoms with Gasteiger partial charge in [0, 0.05) is 26.1 Å². The molecule has 1 saturated heterocycles. The molecule has 5 rings (SSSR count). The van der Waals surface area contributed by atoms with Crippen LogP contribution < -0.4 is 5.32 Å². The van der Waals surface area contributed by atoms with Gasteiger partial charge in [-0.2, -0.15) is 0 Å². The van der Waals surface area contributed by atoms with Crippen LogP contribution in [0.1, 0.15) is 65.9 Å². The first-order chi connectivity index (χ1) is 21.2. The van der Waals surface area contributed by atoms with Gasteiger partial charge in [-0.15, -0.1) is 0 Å². The Morgan fingerprint density at radius 1 is 0.932 bits per heavy atom. The Hall–Kier alpha value is -4.63. The Balaban J connectivity index is 0.00000104. The highest BCUT2D eigenvalue weighted by Crippen LogP contribution is 2.42. The van der Waals surface area contributed by atoms with E-state index in [1.807, 2.05) is 25.1 Å². The van der Waals surface area contributed by atoms with Gasteiger partial charge >= 0.3 is 0 Å². The number of amides is 1. The molecule has 4 aromatic rings. The standard InChI is InChI=1S/C33H37N3O4.C2H4O2/c1-3-34-33(39)31-30(25-13-11-24(12-14-25)21-36-16-5-4-6-17-36)32(40-35-31)27-19-26(28(37)20-29(27)38)15-10-23-9-7-8-22(2)18-23;1-2(3)4/h7-9,11-14,18-20,37-38H,3-6,10,15-17,21H2,1-2H3,(H,34,39);1H3,(H,3,4). The van der Waals surface area contributed by atoms with Crippen molar-refractivity contribution in [1.82, 2.24) is 15.4 Å². The number of hydrogen-bond donors (Lipinski definition) is 4. The summed E-state index contributed by atoms with van der Waals surface area (Å²) in [4.78, 5) is 24.4. The number of carbonyl (C=O) groups is 2. The van der Waals surface area contributed by atoms with Crippen LogP contribution in [0.2, 0.25) is 0 Å². The quantitative estimate of drug-likeness (QED) is 0.175. The zero-order chi connectivity index (χ0) is 31.6. The van der Waals surface area contributed by atoms with E-state index in [4.69, 9.17) is 14.4 Å². The van der Waals surface area contributed by atoms with Crippen molar-refractivity contribution in [2.45, 2.75) is 59.4 Å². The summed E-state index contributed by atoms with van der Waals surface area (Å²) < 4.78 is 5.75. The summed E-state index contributed by atoms with van der Waals surface area (Å²) in [6, 6.07) is 19.4. The monoisotopic (exact) mass is 599 g/mol. The molecular formula is C35H41N3O6. The number of nitrogens with zero attached hydrogens (tertiary/aromatic N) is 2. The molecule has 2 heterocycles. The number of rotatable bonds is 9. The van der Waals surface area contributed by atoms with E-state index < -0.39 is 5.97 Å². The van der Waals surface area contributed by atoms with Crippen LogP contribution in [0.15, 0.2) is 65.2 Å². The number of nitrogens with one attached hydrogen (secondary N) is 1. The van der Waals surface area contributed by atoms with Gasteiger partial charge in [-0.3, -0.25) is 14.5 Å². The van der Waals surface area contributed by atoms with E-state index in [1.165, 1.54) is 36.5 Å². The Kier molecular flexibility index (Phi) is 11.2. The van der Waals surface area contributed by atoms with Gasteiger partial charge in [-0.05, 0) is 80.9 Å². The number of likely N-dealkylation sites (tertiary alicyclic amines) is 1. The number of piperidine rings is 1. The van der Waals surface area contributed by atoms with Crippen molar-refractivity contribution in [2.24, 2.45) is 0 Å². The van der Waals surface area contributed by atoms with Crippen LogP contribution in [0.3, 0.4) is 0 Å². The predicted octanol–water partition coefficient (Wildman–Crippen LogP) is 6.34. The number of carboxylic acids is 1. The first-order valence-corrected chi connectivity index (χ1v) is 15.1. The van der Waals surface area contributed by atoms with Crippen molar-refractivity contribution < 1.29 is 29.4 Å². The molecule has 1 amide bonds. The number of phenolic OH excluding ortho intramolecular Hbond substituents is 2. The number of phenols is 2. The van der Waals surface area contributed by atoms with E-state index in [0.717, 1.165) is 44.1 Å². The van der Waals surface area contributed by atoms with E-state index in [2.05, 4.69) is 52.6 Å². The van der Waals surface area contributed by atoms with Crippen molar-refractivity contribution in [3.8, 4) is 33.9 Å². The van der Waals surface area contributed by atoms with Gasteiger partial charge in [-0.25, -0.2) is 0 Å². The van der Waals surface area contributed by atoms with Crippen LogP contribution in [-0.4, -0.2) is 56.9 Å². The SMILES string of the molecule is CC(=O)O.CCNC(=O)c1noc(-c2cc(CCc3cccc(C)c3)c(O)cc2O)c1-c1ccc(CN2CCCCC2)cc1. The highest BCUT2D eigenvalue weighted by atomic mass is 16.5. The number of aliphatic carboxylic acids is 1. The minimum atomic E-state index is -0.833. The smallest absolute Gasteiger partial charge is 0.300 e. The van der Waals surface area contributed by atoms with E-state index in [0.29, 0.717) is 35.4 Å². The third-order valence-corrected chi connectivity index (χ3v) is 7.55. The second kappa shape index (κ2) is 15.2. The van der Waals surface area contributed by atoms with E-state index in [-0.39, 0.29) is 23.1 Å². The number of benzene rings is 3. The van der Waals surface area contributed by atoms with Crippen LogP contribution in [0.25, 0.3) is 22.5 Å². The highest BCUT2D eigenvalue weighted by Gasteiger charge is 2.26. The van der Waals surface area contributed by atoms with E-state index in [1.54, 1.807) is 6.07 Å². The largest absolute Gasteiger partial charge is 0.508 e. The van der Waals surface area contributed by atoms with Gasteiger partial charge in [0.1, 0.15) is 11.5 Å². The van der Waals surface area contributed by atoms with Gasteiger partial charge in [-0.1, -0.05) is 65.7 Å². The second-order valence-electron chi connectivity index (χ2n) is 11.1. The second-order valence-corrected chi connectivity index (χ2v) is 11.1. The molecule has 0 spiro atoms. The Morgan fingerprint density at radius 3 is 2.30 bits per heavy atom. The molecule has 1 fully saturated rings. The maximum absolute atomic E-state index is 13.0. The molecule has 9 nitrogen and oxygen atoms in total. The lowest BCUT2D eigenvalue weighted by Gasteiger charge is -2.26. The van der Waals surface area contributed by atoms with E-state index >= 15 is 0 Å². The third kappa shape index (κ3) is 8.48. The van der Waals surface area contributed by atoms with Gasteiger partial charge in [0.05, 0.1) is 11.1 Å². The van der Waals surface area contributed by atoms with Crippen molar-refractivity contribution >= 4 is 11.9 Å². The maximum atomic E-state index is 13.0. The van der Waals surface area contributed by atoms with Gasteiger partial charge in [0.2, 0.25) is 0 Å². The molecule has 0 radical (unpaired) electrons. The first kappa shape index (κ1) is 32.3. The number of carboxylic acid groups (broad SMARTS) is 1. The molecule has 1 aliphatic rings. The van der Waals surface area contributed by atoms with Gasteiger partial charge in [0.25, 0.3) is 11.9 Å². The van der Waals surface area contributed by atoms with Crippen LogP contribution in [0.5, 0.6) is 11.5 Å². The molecule has 0 saturated carbocycles. The van der Waals surface area contributed by atoms with Crippen molar-refractivity contribution in [3.63, 3.8) is 0 Å². The topological polar surface area (TPSA) is 136 Å². The normalized spacial score (nSPS) is 13.2. The third-order valence-electron chi connectivity index (χ3n) is 7.55. The van der Waals surface area contributed by atoms with Crippen LogP contribution in [0.4, 0.5) is 0 Å². The zero-order valence-electron chi connectivity index (χ0n) is 25.6. The number of aromatic nitrogens is 1. The molecule has 1 aromatic heterocycles. The number of aryl methyl sites for hydroxylation is 3. The number of carbonyl (C=O) groups excluding carboxylic acids is 1. The molecule has 0 atom stereocenters. The lowest BCUT2D eigenvalue weighted by Crippen LogP contribution is -2.29. The van der Waals surface area contributed by atoms with E-state index in [9.17, 15) is 15.0 Å². The van der Waals surface area contributed by atoms with Crippen LogP contribution in [0, 0.1) is 6.92 Å². The molecular weight excluding hydrogens is 558 g/mol. The summed E-state index contributed by atoms with van der Waals surface area (Å²) >= 11 is 0. The molecule has 0 aliphatic carbocycles. The Labute approximate surface area is 258 Å². The molecule has 0 bridgehead atoms. The predicted molar refractivity (Wildman–Crippen MR) is 170 cm³/mol. The molecule has 232 valence electrons. The number of hydrogen-bond acceptors (Lipinski definition) is 7. The fourth-order valence-corrected chi connectivity index (χ4v) is 5.44. The maximum Gasteiger partial charge on any atom is 0.300 e. The van der Waals surface area contributed by atoms with Gasteiger partial charge in [0.15, 0.2) is 11.5 Å². The lowest BCUT2D eigenvalue weighted by atomic mass is 9.95. The first-order valence-electron chi connectivity index (χ1n) is 15.1. The Bertz CT molecular complexity index is 1570. The van der Waals surface area contributed by atoms with Crippen molar-refractivity contribution in [3.05, 3.63) is 88.6 Å². The highest BCUT2D eigenvalue weighted by molar-refractivity contribution is 6.02. The average molecular weight is 600 g/mol. The summed E-state index contributed by atoms with van der Waals surface area (Å²) in [7, 11) is 0. The molecule has 1 aliphatic heterocycles. The fourth-order valence-electron chi connectivity index (χ4n) is 5.44. The van der Waals surface area contributed by atoms with Crippen LogP contribution >= 0.6 is 0 Å².